The number of anilines is 3. The number of carbonyl (C=O) groups is 1. The van der Waals surface area contributed by atoms with Crippen molar-refractivity contribution < 1.29 is 4.79 Å². The summed E-state index contributed by atoms with van der Waals surface area (Å²) < 4.78 is 0. The maximum atomic E-state index is 12.5. The van der Waals surface area contributed by atoms with E-state index >= 15 is 0 Å². The van der Waals surface area contributed by atoms with Crippen molar-refractivity contribution in [3.05, 3.63) is 41.9 Å². The first-order valence-electron chi connectivity index (χ1n) is 8.01. The zero-order valence-corrected chi connectivity index (χ0v) is 13.6. The predicted molar refractivity (Wildman–Crippen MR) is 95.0 cm³/mol. The van der Waals surface area contributed by atoms with Crippen molar-refractivity contribution in [2.75, 3.05) is 29.0 Å². The molecule has 1 aromatic carbocycles. The van der Waals surface area contributed by atoms with Crippen LogP contribution in [0.5, 0.6) is 0 Å². The van der Waals surface area contributed by atoms with Crippen LogP contribution in [0.4, 0.5) is 17.2 Å². The number of hydrogen-bond donors (Lipinski definition) is 3. The second-order valence-electron chi connectivity index (χ2n) is 5.94. The van der Waals surface area contributed by atoms with E-state index in [2.05, 4.69) is 26.3 Å². The lowest BCUT2D eigenvalue weighted by molar-refractivity contribution is 0.102. The van der Waals surface area contributed by atoms with Crippen molar-refractivity contribution in [1.82, 2.24) is 9.97 Å². The third-order valence-electron chi connectivity index (χ3n) is 4.11. The number of piperidine rings is 1. The summed E-state index contributed by atoms with van der Waals surface area (Å²) in [5.74, 6) is -0.416. The van der Waals surface area contributed by atoms with Crippen molar-refractivity contribution in [3.8, 4) is 6.07 Å². The molecule has 1 aliphatic rings. The number of nitrogens with one attached hydrogen (secondary N) is 1. The Morgan fingerprint density at radius 1 is 1.36 bits per heavy atom. The zero-order valence-electron chi connectivity index (χ0n) is 13.6. The maximum absolute atomic E-state index is 12.5. The standard InChI is InChI=1S/C17H19N7O/c18-9-11-3-4-14(24-7-1-2-12(19)10-24)13(8-11)23-17(25)15-16(20)22-6-5-21-15/h3-6,8,12H,1-2,7,10,19H2,(H2,20,22)(H,23,25). The van der Waals surface area contributed by atoms with Gasteiger partial charge >= 0.3 is 0 Å². The maximum Gasteiger partial charge on any atom is 0.278 e. The summed E-state index contributed by atoms with van der Waals surface area (Å²) in [6.07, 6.45) is 4.78. The lowest BCUT2D eigenvalue weighted by Crippen LogP contribution is -2.43. The molecule has 1 saturated heterocycles. The third-order valence-corrected chi connectivity index (χ3v) is 4.11. The Morgan fingerprint density at radius 2 is 2.16 bits per heavy atom. The van der Waals surface area contributed by atoms with Gasteiger partial charge in [-0.05, 0) is 31.0 Å². The monoisotopic (exact) mass is 337 g/mol. The van der Waals surface area contributed by atoms with Gasteiger partial charge in [-0.25, -0.2) is 9.97 Å². The van der Waals surface area contributed by atoms with Gasteiger partial charge in [0.1, 0.15) is 0 Å². The van der Waals surface area contributed by atoms with Crippen molar-refractivity contribution in [2.24, 2.45) is 5.73 Å². The van der Waals surface area contributed by atoms with Gasteiger partial charge in [0.05, 0.1) is 23.0 Å². The Morgan fingerprint density at radius 3 is 2.88 bits per heavy atom. The van der Waals surface area contributed by atoms with Gasteiger partial charge in [0.2, 0.25) is 0 Å². The molecule has 25 heavy (non-hydrogen) atoms. The number of nitrogen functional groups attached to an aromatic ring is 1. The first-order valence-corrected chi connectivity index (χ1v) is 8.01. The predicted octanol–water partition coefficient (Wildman–Crippen LogP) is 1.11. The molecule has 1 aromatic heterocycles. The van der Waals surface area contributed by atoms with Gasteiger partial charge < -0.3 is 21.7 Å². The molecule has 128 valence electrons. The summed E-state index contributed by atoms with van der Waals surface area (Å²) in [7, 11) is 0. The molecule has 1 fully saturated rings. The number of benzene rings is 1. The van der Waals surface area contributed by atoms with Gasteiger partial charge in [-0.2, -0.15) is 5.26 Å². The second kappa shape index (κ2) is 7.15. The molecule has 0 saturated carbocycles. The zero-order chi connectivity index (χ0) is 17.8. The molecule has 0 aliphatic carbocycles. The minimum Gasteiger partial charge on any atom is -0.382 e. The van der Waals surface area contributed by atoms with Crippen LogP contribution in [0.15, 0.2) is 30.6 Å². The van der Waals surface area contributed by atoms with E-state index < -0.39 is 5.91 Å². The van der Waals surface area contributed by atoms with Gasteiger partial charge in [-0.1, -0.05) is 0 Å². The number of carbonyl (C=O) groups excluding carboxylic acids is 1. The molecule has 1 aliphatic heterocycles. The Bertz CT molecular complexity index is 830. The molecule has 2 heterocycles. The molecule has 0 bridgehead atoms. The summed E-state index contributed by atoms with van der Waals surface area (Å²) >= 11 is 0. The number of nitrogens with zero attached hydrogens (tertiary/aromatic N) is 4. The Kier molecular flexibility index (Phi) is 4.77. The number of aromatic nitrogens is 2. The largest absolute Gasteiger partial charge is 0.382 e. The molecular weight excluding hydrogens is 318 g/mol. The molecule has 2 aromatic rings. The molecule has 1 amide bonds. The summed E-state index contributed by atoms with van der Waals surface area (Å²) in [6, 6.07) is 7.36. The summed E-state index contributed by atoms with van der Waals surface area (Å²) in [4.78, 5) is 22.5. The topological polar surface area (TPSA) is 134 Å². The molecule has 1 unspecified atom stereocenters. The average molecular weight is 337 g/mol. The van der Waals surface area contributed by atoms with Gasteiger partial charge in [-0.3, -0.25) is 4.79 Å². The molecule has 0 radical (unpaired) electrons. The summed E-state index contributed by atoms with van der Waals surface area (Å²) in [5, 5.41) is 12.0. The number of amides is 1. The van der Waals surface area contributed by atoms with Crippen LogP contribution in [0.25, 0.3) is 0 Å². The van der Waals surface area contributed by atoms with E-state index in [-0.39, 0.29) is 17.6 Å². The molecular formula is C17H19N7O. The summed E-state index contributed by atoms with van der Waals surface area (Å²) in [6.45, 7) is 1.54. The quantitative estimate of drug-likeness (QED) is 0.763. The van der Waals surface area contributed by atoms with E-state index in [1.165, 1.54) is 12.4 Å². The van der Waals surface area contributed by atoms with E-state index in [1.807, 2.05) is 6.07 Å². The smallest absolute Gasteiger partial charge is 0.278 e. The fourth-order valence-corrected chi connectivity index (χ4v) is 2.92. The van der Waals surface area contributed by atoms with Crippen LogP contribution in [0.1, 0.15) is 28.9 Å². The number of nitrogens with two attached hydrogens (primary N) is 2. The lowest BCUT2D eigenvalue weighted by Gasteiger charge is -2.34. The van der Waals surface area contributed by atoms with Crippen LogP contribution in [0.3, 0.4) is 0 Å². The first-order chi connectivity index (χ1) is 12.1. The van der Waals surface area contributed by atoms with E-state index in [4.69, 9.17) is 16.7 Å². The van der Waals surface area contributed by atoms with Crippen LogP contribution >= 0.6 is 0 Å². The van der Waals surface area contributed by atoms with Crippen LogP contribution in [0, 0.1) is 11.3 Å². The highest BCUT2D eigenvalue weighted by atomic mass is 16.1. The van der Waals surface area contributed by atoms with E-state index in [0.29, 0.717) is 17.8 Å². The van der Waals surface area contributed by atoms with Gasteiger partial charge in [0.15, 0.2) is 11.5 Å². The highest BCUT2D eigenvalue weighted by Crippen LogP contribution is 2.30. The Balaban J connectivity index is 1.92. The molecule has 8 nitrogen and oxygen atoms in total. The summed E-state index contributed by atoms with van der Waals surface area (Å²) in [5.41, 5.74) is 13.6. The highest BCUT2D eigenvalue weighted by Gasteiger charge is 2.21. The van der Waals surface area contributed by atoms with Crippen molar-refractivity contribution in [1.29, 1.82) is 5.26 Å². The van der Waals surface area contributed by atoms with E-state index in [0.717, 1.165) is 25.1 Å². The number of hydrogen-bond acceptors (Lipinski definition) is 7. The number of nitriles is 1. The van der Waals surface area contributed by atoms with Gasteiger partial charge in [0.25, 0.3) is 5.91 Å². The Labute approximate surface area is 145 Å². The number of rotatable bonds is 3. The molecule has 0 spiro atoms. The fourth-order valence-electron chi connectivity index (χ4n) is 2.92. The lowest BCUT2D eigenvalue weighted by atomic mass is 10.0. The normalized spacial score (nSPS) is 17.0. The van der Waals surface area contributed by atoms with Crippen molar-refractivity contribution >= 4 is 23.1 Å². The van der Waals surface area contributed by atoms with Gasteiger partial charge in [-0.15, -0.1) is 0 Å². The molecule has 5 N–H and O–H groups in total. The average Bonchev–Trinajstić information content (AvgIpc) is 2.62. The highest BCUT2D eigenvalue weighted by molar-refractivity contribution is 6.07. The minimum absolute atomic E-state index is 0.0474. The van der Waals surface area contributed by atoms with E-state index in [9.17, 15) is 4.79 Å². The van der Waals surface area contributed by atoms with Crippen LogP contribution in [-0.2, 0) is 0 Å². The Hall–Kier alpha value is -3.18. The molecule has 3 rings (SSSR count). The third kappa shape index (κ3) is 3.67. The SMILES string of the molecule is N#Cc1ccc(N2CCCC(N)C2)c(NC(=O)c2nccnc2N)c1. The van der Waals surface area contributed by atoms with Crippen molar-refractivity contribution in [2.45, 2.75) is 18.9 Å². The fraction of sp³-hybridized carbons (Fsp3) is 0.294. The van der Waals surface area contributed by atoms with Crippen LogP contribution in [0.2, 0.25) is 0 Å². The minimum atomic E-state index is -0.469. The molecule has 8 heteroatoms. The van der Waals surface area contributed by atoms with Gasteiger partial charge in [0, 0.05) is 31.5 Å². The van der Waals surface area contributed by atoms with Crippen molar-refractivity contribution in [3.63, 3.8) is 0 Å². The van der Waals surface area contributed by atoms with E-state index in [1.54, 1.807) is 12.1 Å². The van der Waals surface area contributed by atoms with Crippen LogP contribution < -0.4 is 21.7 Å². The van der Waals surface area contributed by atoms with Crippen LogP contribution in [-0.4, -0.2) is 35.0 Å². The molecule has 1 atom stereocenters. The first kappa shape index (κ1) is 16.7. The second-order valence-corrected chi connectivity index (χ2v) is 5.94.